The van der Waals surface area contributed by atoms with Crippen LogP contribution in [0, 0.1) is 34.5 Å². The standard InChI is InChI=1S/C22H32O/c1-14(2)17-10-18-5-6-19-9-16(13-23)12-22(19)8-7-15(3)20(11-17)21(18,22)4/h7-8,16-19,23H,1,5-6,9-13H2,2-4H3. The van der Waals surface area contributed by atoms with E-state index in [1.807, 2.05) is 0 Å². The predicted octanol–water partition coefficient (Wildman–Crippen LogP) is 5.28. The maximum absolute atomic E-state index is 9.81. The zero-order valence-corrected chi connectivity index (χ0v) is 15.1. The van der Waals surface area contributed by atoms with E-state index in [1.54, 1.807) is 5.57 Å². The van der Waals surface area contributed by atoms with Gasteiger partial charge in [0.15, 0.2) is 0 Å². The molecule has 0 saturated heterocycles. The molecule has 0 bridgehead atoms. The molecule has 6 unspecified atom stereocenters. The Hall–Kier alpha value is -0.820. The molecule has 6 atom stereocenters. The molecule has 4 aliphatic rings. The van der Waals surface area contributed by atoms with Crippen molar-refractivity contribution in [2.24, 2.45) is 34.5 Å². The van der Waals surface area contributed by atoms with E-state index in [0.717, 1.165) is 11.8 Å². The predicted molar refractivity (Wildman–Crippen MR) is 95.9 cm³/mol. The number of rotatable bonds is 2. The molecule has 0 aromatic heterocycles. The van der Waals surface area contributed by atoms with Crippen molar-refractivity contribution in [3.05, 3.63) is 35.5 Å². The highest BCUT2D eigenvalue weighted by molar-refractivity contribution is 5.43. The van der Waals surface area contributed by atoms with Crippen molar-refractivity contribution >= 4 is 0 Å². The van der Waals surface area contributed by atoms with E-state index in [0.29, 0.717) is 29.3 Å². The molecule has 1 nitrogen and oxygen atoms in total. The van der Waals surface area contributed by atoms with Crippen molar-refractivity contribution in [2.45, 2.75) is 59.3 Å². The number of hydrogen-bond acceptors (Lipinski definition) is 1. The van der Waals surface area contributed by atoms with Gasteiger partial charge in [-0.15, -0.1) is 0 Å². The summed E-state index contributed by atoms with van der Waals surface area (Å²) < 4.78 is 0. The van der Waals surface area contributed by atoms with E-state index in [2.05, 4.69) is 39.5 Å². The molecule has 0 amide bonds. The fourth-order valence-electron chi connectivity index (χ4n) is 7.03. The van der Waals surface area contributed by atoms with Gasteiger partial charge in [0.05, 0.1) is 0 Å². The average molecular weight is 312 g/mol. The maximum Gasteiger partial charge on any atom is 0.0459 e. The van der Waals surface area contributed by atoms with Gasteiger partial charge in [0.2, 0.25) is 0 Å². The van der Waals surface area contributed by atoms with E-state index >= 15 is 0 Å². The van der Waals surface area contributed by atoms with Gasteiger partial charge in [0.1, 0.15) is 0 Å². The first-order chi connectivity index (χ1) is 10.9. The molecule has 0 aromatic rings. The number of hydrogen-bond donors (Lipinski definition) is 1. The van der Waals surface area contributed by atoms with Crippen LogP contribution in [0.3, 0.4) is 0 Å². The van der Waals surface area contributed by atoms with Crippen LogP contribution in [0.2, 0.25) is 0 Å². The molecular weight excluding hydrogens is 280 g/mol. The monoisotopic (exact) mass is 312 g/mol. The van der Waals surface area contributed by atoms with Crippen LogP contribution in [0.15, 0.2) is 35.5 Å². The average Bonchev–Trinajstić information content (AvgIpc) is 2.90. The third kappa shape index (κ3) is 1.89. The summed E-state index contributed by atoms with van der Waals surface area (Å²) in [5.74, 6) is 2.76. The lowest BCUT2D eigenvalue weighted by Crippen LogP contribution is -2.55. The molecule has 0 radical (unpaired) electrons. The summed E-state index contributed by atoms with van der Waals surface area (Å²) in [6.07, 6.45) is 12.7. The Morgan fingerprint density at radius 2 is 2.04 bits per heavy atom. The van der Waals surface area contributed by atoms with E-state index in [9.17, 15) is 5.11 Å². The molecule has 1 N–H and O–H groups in total. The highest BCUT2D eigenvalue weighted by Gasteiger charge is 2.64. The molecule has 1 heteroatoms. The topological polar surface area (TPSA) is 20.2 Å². The van der Waals surface area contributed by atoms with E-state index in [-0.39, 0.29) is 0 Å². The minimum atomic E-state index is 0.318. The number of aliphatic hydroxyl groups is 1. The van der Waals surface area contributed by atoms with Crippen molar-refractivity contribution in [2.75, 3.05) is 6.61 Å². The Balaban J connectivity index is 1.83. The quantitative estimate of drug-likeness (QED) is 0.688. The third-order valence-electron chi connectivity index (χ3n) is 8.33. The van der Waals surface area contributed by atoms with Crippen LogP contribution in [0.25, 0.3) is 0 Å². The zero-order chi connectivity index (χ0) is 16.4. The molecule has 0 aliphatic heterocycles. The van der Waals surface area contributed by atoms with Gasteiger partial charge in [0, 0.05) is 17.4 Å². The summed E-state index contributed by atoms with van der Waals surface area (Å²) in [6, 6.07) is 0. The second kappa shape index (κ2) is 5.09. The van der Waals surface area contributed by atoms with Crippen molar-refractivity contribution in [1.29, 1.82) is 0 Å². The van der Waals surface area contributed by atoms with Crippen molar-refractivity contribution in [3.8, 4) is 0 Å². The summed E-state index contributed by atoms with van der Waals surface area (Å²) in [5, 5.41) is 9.81. The fraction of sp³-hybridized carbons (Fsp3) is 0.727. The minimum Gasteiger partial charge on any atom is -0.396 e. The molecule has 0 heterocycles. The lowest BCUT2D eigenvalue weighted by molar-refractivity contribution is -0.0455. The second-order valence-electron chi connectivity index (χ2n) is 9.18. The smallest absolute Gasteiger partial charge is 0.0459 e. The van der Waals surface area contributed by atoms with Gasteiger partial charge in [-0.3, -0.25) is 0 Å². The number of aliphatic hydroxyl groups excluding tert-OH is 1. The van der Waals surface area contributed by atoms with E-state index in [4.69, 9.17) is 0 Å². The molecule has 3 fully saturated rings. The molecule has 3 saturated carbocycles. The fourth-order valence-corrected chi connectivity index (χ4v) is 7.03. The molecule has 1 spiro atoms. The first-order valence-corrected chi connectivity index (χ1v) is 9.58. The Morgan fingerprint density at radius 3 is 2.74 bits per heavy atom. The summed E-state index contributed by atoms with van der Waals surface area (Å²) in [4.78, 5) is 0. The largest absolute Gasteiger partial charge is 0.396 e. The van der Waals surface area contributed by atoms with Crippen molar-refractivity contribution < 1.29 is 5.11 Å². The third-order valence-corrected chi connectivity index (χ3v) is 8.33. The number of allylic oxidation sites excluding steroid dienone is 5. The van der Waals surface area contributed by atoms with Crippen molar-refractivity contribution in [3.63, 3.8) is 0 Å². The van der Waals surface area contributed by atoms with Gasteiger partial charge < -0.3 is 5.11 Å². The van der Waals surface area contributed by atoms with Crippen LogP contribution in [-0.2, 0) is 0 Å². The Kier molecular flexibility index (Phi) is 3.47. The summed E-state index contributed by atoms with van der Waals surface area (Å²) in [6.45, 7) is 11.8. The summed E-state index contributed by atoms with van der Waals surface area (Å²) in [5.41, 5.74) is 5.26. The van der Waals surface area contributed by atoms with Crippen molar-refractivity contribution in [1.82, 2.24) is 0 Å². The van der Waals surface area contributed by atoms with Gasteiger partial charge in [0.25, 0.3) is 0 Å². The lowest BCUT2D eigenvalue weighted by Gasteiger charge is -2.63. The van der Waals surface area contributed by atoms with Crippen LogP contribution in [0.5, 0.6) is 0 Å². The molecule has 4 rings (SSSR count). The van der Waals surface area contributed by atoms with Gasteiger partial charge >= 0.3 is 0 Å². The second-order valence-corrected chi connectivity index (χ2v) is 9.18. The van der Waals surface area contributed by atoms with Crippen LogP contribution < -0.4 is 0 Å². The van der Waals surface area contributed by atoms with Gasteiger partial charge in [-0.2, -0.15) is 0 Å². The van der Waals surface area contributed by atoms with Crippen LogP contribution >= 0.6 is 0 Å². The Bertz CT molecular complexity index is 597. The minimum absolute atomic E-state index is 0.318. The van der Waals surface area contributed by atoms with E-state index < -0.39 is 0 Å². The zero-order valence-electron chi connectivity index (χ0n) is 15.1. The SMILES string of the molecule is C=C(C)C1CC2=C(C)C=CC34CC(CO)CC3CCC(C1)C24C. The Morgan fingerprint density at radius 1 is 1.30 bits per heavy atom. The normalized spacial score (nSPS) is 48.2. The van der Waals surface area contributed by atoms with Crippen LogP contribution in [-0.4, -0.2) is 11.7 Å². The Labute approximate surface area is 141 Å². The lowest BCUT2D eigenvalue weighted by atomic mass is 9.41. The first-order valence-electron chi connectivity index (χ1n) is 9.58. The van der Waals surface area contributed by atoms with Gasteiger partial charge in [-0.25, -0.2) is 0 Å². The highest BCUT2D eigenvalue weighted by Crippen LogP contribution is 2.72. The van der Waals surface area contributed by atoms with Gasteiger partial charge in [-0.05, 0) is 76.0 Å². The van der Waals surface area contributed by atoms with Gasteiger partial charge in [-0.1, -0.05) is 42.4 Å². The van der Waals surface area contributed by atoms with Crippen LogP contribution in [0.4, 0.5) is 0 Å². The van der Waals surface area contributed by atoms with Crippen LogP contribution in [0.1, 0.15) is 59.3 Å². The van der Waals surface area contributed by atoms with E-state index in [1.165, 1.54) is 49.7 Å². The summed E-state index contributed by atoms with van der Waals surface area (Å²) >= 11 is 0. The summed E-state index contributed by atoms with van der Waals surface area (Å²) in [7, 11) is 0. The molecule has 126 valence electrons. The molecule has 23 heavy (non-hydrogen) atoms. The first kappa shape index (κ1) is 15.7. The molecule has 0 aromatic carbocycles. The highest BCUT2D eigenvalue weighted by atomic mass is 16.3. The molecule has 4 aliphatic carbocycles. The molecular formula is C22H32O. The maximum atomic E-state index is 9.81.